The van der Waals surface area contributed by atoms with Gasteiger partial charge in [-0.1, -0.05) is 60.7 Å². The summed E-state index contributed by atoms with van der Waals surface area (Å²) in [7, 11) is 0. The largest absolute Gasteiger partial charge is 0.467 e. The number of furan rings is 1. The Morgan fingerprint density at radius 3 is 2.42 bits per heavy atom. The molecule has 4 heteroatoms. The van der Waals surface area contributed by atoms with Crippen LogP contribution in [0.3, 0.4) is 0 Å². The van der Waals surface area contributed by atoms with E-state index in [0.29, 0.717) is 19.3 Å². The Morgan fingerprint density at radius 1 is 1.00 bits per heavy atom. The van der Waals surface area contributed by atoms with Crippen molar-refractivity contribution in [2.45, 2.75) is 25.3 Å². The summed E-state index contributed by atoms with van der Waals surface area (Å²) in [6.07, 6.45) is 3.43. The quantitative estimate of drug-likeness (QED) is 0.679. The molecule has 130 valence electrons. The molecule has 0 spiro atoms. The van der Waals surface area contributed by atoms with Gasteiger partial charge in [0.05, 0.1) is 12.0 Å². The van der Waals surface area contributed by atoms with Gasteiger partial charge in [0.15, 0.2) is 0 Å². The molecule has 2 heterocycles. The number of amides is 1. The summed E-state index contributed by atoms with van der Waals surface area (Å²) in [5, 5.41) is 6.25. The van der Waals surface area contributed by atoms with Crippen LogP contribution in [0.1, 0.15) is 35.8 Å². The van der Waals surface area contributed by atoms with Crippen molar-refractivity contribution in [1.29, 1.82) is 0 Å². The lowest BCUT2D eigenvalue weighted by molar-refractivity contribution is -0.133. The fraction of sp³-hybridized carbons (Fsp3) is 0.182. The molecule has 0 unspecified atom stereocenters. The maximum absolute atomic E-state index is 12.9. The first kappa shape index (κ1) is 16.3. The number of rotatable bonds is 5. The molecule has 0 saturated heterocycles. The van der Waals surface area contributed by atoms with Crippen LogP contribution >= 0.6 is 0 Å². The number of aryl methyl sites for hydroxylation is 1. The van der Waals surface area contributed by atoms with Gasteiger partial charge in [0.1, 0.15) is 11.8 Å². The average molecular weight is 344 g/mol. The van der Waals surface area contributed by atoms with Crippen LogP contribution in [0.4, 0.5) is 0 Å². The topological polar surface area (TPSA) is 45.8 Å². The second-order valence-electron chi connectivity index (χ2n) is 6.37. The number of carbonyl (C=O) groups is 1. The smallest absolute Gasteiger partial charge is 0.243 e. The summed E-state index contributed by atoms with van der Waals surface area (Å²) >= 11 is 0. The van der Waals surface area contributed by atoms with Crippen molar-refractivity contribution in [1.82, 2.24) is 5.01 Å². The lowest BCUT2D eigenvalue weighted by Crippen LogP contribution is -2.27. The normalized spacial score (nSPS) is 16.5. The van der Waals surface area contributed by atoms with Crippen molar-refractivity contribution < 1.29 is 9.21 Å². The Bertz CT molecular complexity index is 886. The molecular weight excluding hydrogens is 324 g/mol. The fourth-order valence-electron chi connectivity index (χ4n) is 3.26. The van der Waals surface area contributed by atoms with Gasteiger partial charge < -0.3 is 4.42 Å². The third-order valence-corrected chi connectivity index (χ3v) is 4.61. The lowest BCUT2D eigenvalue weighted by Gasteiger charge is -2.19. The van der Waals surface area contributed by atoms with Crippen LogP contribution in [0, 0.1) is 0 Å². The van der Waals surface area contributed by atoms with E-state index in [-0.39, 0.29) is 11.9 Å². The zero-order valence-corrected chi connectivity index (χ0v) is 14.4. The van der Waals surface area contributed by atoms with E-state index in [9.17, 15) is 4.79 Å². The first-order chi connectivity index (χ1) is 12.8. The van der Waals surface area contributed by atoms with Crippen LogP contribution in [0.15, 0.2) is 88.6 Å². The highest BCUT2D eigenvalue weighted by Crippen LogP contribution is 2.33. The molecule has 4 rings (SSSR count). The predicted octanol–water partition coefficient (Wildman–Crippen LogP) is 4.59. The molecular formula is C22H20N2O2. The molecule has 0 N–H and O–H groups in total. The monoisotopic (exact) mass is 344 g/mol. The Hall–Kier alpha value is -3.14. The third-order valence-electron chi connectivity index (χ3n) is 4.61. The van der Waals surface area contributed by atoms with E-state index in [1.54, 1.807) is 11.3 Å². The van der Waals surface area contributed by atoms with E-state index in [1.807, 2.05) is 72.8 Å². The van der Waals surface area contributed by atoms with E-state index in [2.05, 4.69) is 5.10 Å². The third kappa shape index (κ3) is 3.45. The van der Waals surface area contributed by atoms with Crippen molar-refractivity contribution in [3.8, 4) is 0 Å². The molecule has 0 saturated carbocycles. The molecule has 4 nitrogen and oxygen atoms in total. The molecule has 0 bridgehead atoms. The Labute approximate surface area is 152 Å². The van der Waals surface area contributed by atoms with Crippen LogP contribution < -0.4 is 0 Å². The second-order valence-corrected chi connectivity index (χ2v) is 6.37. The lowest BCUT2D eigenvalue weighted by atomic mass is 10.0. The number of carbonyl (C=O) groups excluding carboxylic acids is 1. The standard InChI is InChI=1S/C22H20N2O2/c25-22(14-13-17-8-3-1-4-9-17)24-20(21-12-7-15-26-21)16-19(23-24)18-10-5-2-6-11-18/h1-12,15,20H,13-14,16H2/t20-/m1/s1. The molecule has 1 aliphatic heterocycles. The summed E-state index contributed by atoms with van der Waals surface area (Å²) in [5.74, 6) is 0.786. The first-order valence-corrected chi connectivity index (χ1v) is 8.83. The van der Waals surface area contributed by atoms with Crippen LogP contribution in [0.5, 0.6) is 0 Å². The summed E-state index contributed by atoms with van der Waals surface area (Å²) in [4.78, 5) is 12.9. The van der Waals surface area contributed by atoms with E-state index in [4.69, 9.17) is 4.42 Å². The number of hydrogen-bond donors (Lipinski definition) is 0. The van der Waals surface area contributed by atoms with Crippen molar-refractivity contribution in [2.24, 2.45) is 5.10 Å². The van der Waals surface area contributed by atoms with E-state index >= 15 is 0 Å². The van der Waals surface area contributed by atoms with Crippen LogP contribution in [0.2, 0.25) is 0 Å². The van der Waals surface area contributed by atoms with Gasteiger partial charge in [0, 0.05) is 12.8 Å². The molecule has 0 fully saturated rings. The van der Waals surface area contributed by atoms with Crippen molar-refractivity contribution in [2.75, 3.05) is 0 Å². The molecule has 1 atom stereocenters. The van der Waals surface area contributed by atoms with Crippen molar-refractivity contribution in [3.63, 3.8) is 0 Å². The average Bonchev–Trinajstić information content (AvgIpc) is 3.37. The van der Waals surface area contributed by atoms with Gasteiger partial charge in [0.2, 0.25) is 5.91 Å². The minimum Gasteiger partial charge on any atom is -0.467 e. The number of nitrogens with zero attached hydrogens (tertiary/aromatic N) is 2. The Morgan fingerprint density at radius 2 is 1.73 bits per heavy atom. The highest BCUT2D eigenvalue weighted by molar-refractivity contribution is 6.03. The fourth-order valence-corrected chi connectivity index (χ4v) is 3.26. The molecule has 26 heavy (non-hydrogen) atoms. The molecule has 1 aliphatic rings. The summed E-state index contributed by atoms with van der Waals surface area (Å²) in [6.45, 7) is 0. The number of hydrazone groups is 1. The van der Waals surface area contributed by atoms with E-state index in [1.165, 1.54) is 0 Å². The molecule has 0 aliphatic carbocycles. The molecule has 2 aromatic carbocycles. The Balaban J connectivity index is 1.55. The van der Waals surface area contributed by atoms with Gasteiger partial charge in [0.25, 0.3) is 0 Å². The second kappa shape index (κ2) is 7.40. The van der Waals surface area contributed by atoms with Gasteiger partial charge in [-0.2, -0.15) is 5.10 Å². The summed E-state index contributed by atoms with van der Waals surface area (Å²) in [6, 6.07) is 23.6. The zero-order valence-electron chi connectivity index (χ0n) is 14.4. The zero-order chi connectivity index (χ0) is 17.8. The van der Waals surface area contributed by atoms with Gasteiger partial charge in [-0.05, 0) is 29.7 Å². The number of benzene rings is 2. The summed E-state index contributed by atoms with van der Waals surface area (Å²) in [5.41, 5.74) is 3.12. The maximum atomic E-state index is 12.9. The van der Waals surface area contributed by atoms with Crippen LogP contribution in [-0.2, 0) is 11.2 Å². The highest BCUT2D eigenvalue weighted by Gasteiger charge is 2.34. The first-order valence-electron chi connectivity index (χ1n) is 8.83. The van der Waals surface area contributed by atoms with Gasteiger partial charge >= 0.3 is 0 Å². The van der Waals surface area contributed by atoms with Gasteiger partial charge in [-0.15, -0.1) is 0 Å². The minimum atomic E-state index is -0.177. The molecule has 1 aromatic heterocycles. The van der Waals surface area contributed by atoms with Gasteiger partial charge in [-0.3, -0.25) is 4.79 Å². The summed E-state index contributed by atoms with van der Waals surface area (Å²) < 4.78 is 5.58. The van der Waals surface area contributed by atoms with Crippen LogP contribution in [-0.4, -0.2) is 16.6 Å². The van der Waals surface area contributed by atoms with E-state index in [0.717, 1.165) is 22.6 Å². The minimum absolute atomic E-state index is 0.0150. The highest BCUT2D eigenvalue weighted by atomic mass is 16.3. The molecule has 3 aromatic rings. The van der Waals surface area contributed by atoms with Crippen LogP contribution in [0.25, 0.3) is 0 Å². The van der Waals surface area contributed by atoms with Gasteiger partial charge in [-0.25, -0.2) is 5.01 Å². The maximum Gasteiger partial charge on any atom is 0.243 e. The van der Waals surface area contributed by atoms with Crippen molar-refractivity contribution >= 4 is 11.6 Å². The van der Waals surface area contributed by atoms with E-state index < -0.39 is 0 Å². The molecule has 0 radical (unpaired) electrons. The number of hydrogen-bond acceptors (Lipinski definition) is 3. The van der Waals surface area contributed by atoms with Crippen molar-refractivity contribution in [3.05, 3.63) is 95.9 Å². The SMILES string of the molecule is O=C(CCc1ccccc1)N1N=C(c2ccccc2)C[C@@H]1c1ccco1. The molecule has 1 amide bonds. The Kier molecular flexibility index (Phi) is 4.65. The predicted molar refractivity (Wildman–Crippen MR) is 101 cm³/mol.